The second kappa shape index (κ2) is 6.50. The van der Waals surface area contributed by atoms with Crippen LogP contribution in [0.15, 0.2) is 72.8 Å². The van der Waals surface area contributed by atoms with Crippen LogP contribution in [0.25, 0.3) is 21.8 Å². The zero-order valence-electron chi connectivity index (χ0n) is 16.2. The van der Waals surface area contributed by atoms with Gasteiger partial charge in [-0.05, 0) is 43.7 Å². The van der Waals surface area contributed by atoms with Gasteiger partial charge in [-0.2, -0.15) is 0 Å². The van der Waals surface area contributed by atoms with Gasteiger partial charge in [0.1, 0.15) is 10.7 Å². The van der Waals surface area contributed by atoms with E-state index in [0.717, 1.165) is 49.9 Å². The highest BCUT2D eigenvalue weighted by molar-refractivity contribution is 6.30. The number of rotatable bonds is 3. The molecule has 2 N–H and O–H groups in total. The number of para-hydroxylation sites is 2. The van der Waals surface area contributed by atoms with Crippen LogP contribution in [0.3, 0.4) is 0 Å². The largest absolute Gasteiger partial charge is 0.358 e. The van der Waals surface area contributed by atoms with Crippen LogP contribution < -0.4 is 0 Å². The Morgan fingerprint density at radius 2 is 1.14 bits per heavy atom. The fourth-order valence-corrected chi connectivity index (χ4v) is 5.15. The van der Waals surface area contributed by atoms with Crippen LogP contribution in [0.4, 0.5) is 4.39 Å². The molecule has 0 saturated heterocycles. The summed E-state index contributed by atoms with van der Waals surface area (Å²) in [5, 5.41) is 2.13. The minimum absolute atomic E-state index is 0.279. The molecular weight excluding hydrogens is 383 g/mol. The Balaban J connectivity index is 1.94. The van der Waals surface area contributed by atoms with E-state index in [9.17, 15) is 4.39 Å². The van der Waals surface area contributed by atoms with Gasteiger partial charge in [-0.1, -0.05) is 48.5 Å². The molecule has 5 aromatic rings. The number of halogens is 2. The van der Waals surface area contributed by atoms with E-state index in [1.54, 1.807) is 12.1 Å². The van der Waals surface area contributed by atoms with Crippen molar-refractivity contribution in [3.63, 3.8) is 0 Å². The van der Waals surface area contributed by atoms with Gasteiger partial charge in [0.2, 0.25) is 0 Å². The fourth-order valence-electron chi connectivity index (χ4n) is 4.53. The maximum Gasteiger partial charge on any atom is 0.124 e. The molecule has 0 unspecified atom stereocenters. The summed E-state index contributed by atoms with van der Waals surface area (Å²) in [5.41, 5.74) is 6.88. The van der Waals surface area contributed by atoms with Crippen molar-refractivity contribution in [2.24, 2.45) is 0 Å². The summed E-state index contributed by atoms with van der Waals surface area (Å²) in [5.74, 6) is -0.279. The predicted octanol–water partition coefficient (Wildman–Crippen LogP) is 6.94. The molecule has 2 nitrogen and oxygen atoms in total. The second-order valence-corrected chi connectivity index (χ2v) is 8.07. The standard InChI is InChI=1S/C25H20ClFN2/c1-15-23(19-7-3-5-9-21(19)28-15)25(26,17-11-13-18(27)14-12-17)24-16(2)29-22-10-6-4-8-20(22)24/h3-14,28-29H,1-2H3. The van der Waals surface area contributed by atoms with E-state index in [1.807, 2.05) is 38.1 Å². The first-order valence-corrected chi connectivity index (χ1v) is 9.98. The van der Waals surface area contributed by atoms with Gasteiger partial charge in [-0.15, -0.1) is 11.6 Å². The molecule has 0 radical (unpaired) electrons. The topological polar surface area (TPSA) is 31.6 Å². The molecule has 4 heteroatoms. The third kappa shape index (κ3) is 2.61. The van der Waals surface area contributed by atoms with Crippen molar-refractivity contribution in [1.82, 2.24) is 9.97 Å². The summed E-state index contributed by atoms with van der Waals surface area (Å²) in [6, 6.07) is 22.8. The number of aromatic nitrogens is 2. The molecule has 0 aliphatic carbocycles. The van der Waals surface area contributed by atoms with Crippen molar-refractivity contribution in [2.45, 2.75) is 18.7 Å². The van der Waals surface area contributed by atoms with E-state index in [0.29, 0.717) is 0 Å². The van der Waals surface area contributed by atoms with Gasteiger partial charge in [-0.25, -0.2) is 4.39 Å². The number of hydrogen-bond acceptors (Lipinski definition) is 0. The summed E-state index contributed by atoms with van der Waals surface area (Å²) in [4.78, 5) is 5.96. The van der Waals surface area contributed by atoms with Crippen LogP contribution in [0.1, 0.15) is 28.1 Å². The first-order chi connectivity index (χ1) is 14.0. The molecule has 0 saturated carbocycles. The molecule has 0 amide bonds. The molecule has 0 aliphatic heterocycles. The van der Waals surface area contributed by atoms with Gasteiger partial charge in [0.05, 0.1) is 0 Å². The lowest BCUT2D eigenvalue weighted by Crippen LogP contribution is -2.24. The molecule has 29 heavy (non-hydrogen) atoms. The molecule has 0 fully saturated rings. The van der Waals surface area contributed by atoms with Gasteiger partial charge in [-0.3, -0.25) is 0 Å². The maximum atomic E-state index is 13.8. The van der Waals surface area contributed by atoms with Gasteiger partial charge in [0.25, 0.3) is 0 Å². The first-order valence-electron chi connectivity index (χ1n) is 9.60. The van der Waals surface area contributed by atoms with Crippen molar-refractivity contribution < 1.29 is 4.39 Å². The number of fused-ring (bicyclic) bond motifs is 2. The van der Waals surface area contributed by atoms with Crippen molar-refractivity contribution in [2.75, 3.05) is 0 Å². The molecule has 0 aliphatic rings. The molecule has 144 valence electrons. The SMILES string of the molecule is Cc1[nH]c2ccccc2c1C(Cl)(c1ccc(F)cc1)c1c(C)[nH]c2ccccc12. The Morgan fingerprint density at radius 3 is 1.62 bits per heavy atom. The smallest absolute Gasteiger partial charge is 0.124 e. The lowest BCUT2D eigenvalue weighted by molar-refractivity contribution is 0.626. The summed E-state index contributed by atoms with van der Waals surface area (Å²) >= 11 is 7.66. The van der Waals surface area contributed by atoms with E-state index in [-0.39, 0.29) is 5.82 Å². The number of nitrogens with one attached hydrogen (secondary N) is 2. The van der Waals surface area contributed by atoms with Crippen LogP contribution in [0.5, 0.6) is 0 Å². The summed E-state index contributed by atoms with van der Waals surface area (Å²) in [6.07, 6.45) is 0. The van der Waals surface area contributed by atoms with Gasteiger partial charge in [0, 0.05) is 44.3 Å². The van der Waals surface area contributed by atoms with Crippen LogP contribution in [-0.2, 0) is 4.87 Å². The minimum atomic E-state index is -0.985. The Labute approximate surface area is 173 Å². The fraction of sp³-hybridized carbons (Fsp3) is 0.120. The predicted molar refractivity (Wildman–Crippen MR) is 118 cm³/mol. The average Bonchev–Trinajstić information content (AvgIpc) is 3.23. The van der Waals surface area contributed by atoms with Gasteiger partial charge < -0.3 is 9.97 Å². The first kappa shape index (κ1) is 18.0. The lowest BCUT2D eigenvalue weighted by Gasteiger charge is -2.30. The van der Waals surface area contributed by atoms with Gasteiger partial charge in [0.15, 0.2) is 0 Å². The number of H-pyrrole nitrogens is 2. The average molecular weight is 403 g/mol. The molecule has 2 heterocycles. The highest BCUT2D eigenvalue weighted by atomic mass is 35.5. The Kier molecular flexibility index (Phi) is 4.04. The van der Waals surface area contributed by atoms with E-state index >= 15 is 0 Å². The zero-order valence-corrected chi connectivity index (χ0v) is 16.9. The van der Waals surface area contributed by atoms with E-state index in [1.165, 1.54) is 12.1 Å². The van der Waals surface area contributed by atoms with Crippen molar-refractivity contribution in [3.05, 3.63) is 107 Å². The summed E-state index contributed by atoms with van der Waals surface area (Å²) in [6.45, 7) is 4.08. The van der Waals surface area contributed by atoms with Crippen molar-refractivity contribution in [1.29, 1.82) is 0 Å². The van der Waals surface area contributed by atoms with E-state index in [4.69, 9.17) is 11.6 Å². The van der Waals surface area contributed by atoms with Crippen LogP contribution >= 0.6 is 11.6 Å². The van der Waals surface area contributed by atoms with Crippen LogP contribution in [0.2, 0.25) is 0 Å². The summed E-state index contributed by atoms with van der Waals surface area (Å²) < 4.78 is 13.8. The number of hydrogen-bond donors (Lipinski definition) is 2. The Morgan fingerprint density at radius 1 is 0.690 bits per heavy atom. The highest BCUT2D eigenvalue weighted by Crippen LogP contribution is 2.50. The van der Waals surface area contributed by atoms with Crippen LogP contribution in [0, 0.1) is 19.7 Å². The second-order valence-electron chi connectivity index (χ2n) is 7.51. The van der Waals surface area contributed by atoms with Gasteiger partial charge >= 0.3 is 0 Å². The Bertz CT molecular complexity index is 1260. The number of aryl methyl sites for hydroxylation is 2. The number of alkyl halides is 1. The molecule has 0 spiro atoms. The highest BCUT2D eigenvalue weighted by Gasteiger charge is 2.41. The molecule has 2 aromatic heterocycles. The molecule has 0 atom stereocenters. The maximum absolute atomic E-state index is 13.8. The quantitative estimate of drug-likeness (QED) is 0.306. The van der Waals surface area contributed by atoms with Crippen LogP contribution in [-0.4, -0.2) is 9.97 Å². The molecular formula is C25H20ClFN2. The molecule has 5 rings (SSSR count). The third-order valence-corrected chi connectivity index (χ3v) is 6.31. The minimum Gasteiger partial charge on any atom is -0.358 e. The monoisotopic (exact) mass is 402 g/mol. The van der Waals surface area contributed by atoms with Crippen molar-refractivity contribution in [3.8, 4) is 0 Å². The number of aromatic amines is 2. The summed E-state index contributed by atoms with van der Waals surface area (Å²) in [7, 11) is 0. The zero-order chi connectivity index (χ0) is 20.2. The Hall–Kier alpha value is -3.04. The molecule has 0 bridgehead atoms. The van der Waals surface area contributed by atoms with E-state index in [2.05, 4.69) is 34.2 Å². The third-order valence-electron chi connectivity index (χ3n) is 5.72. The normalized spacial score (nSPS) is 12.1. The lowest BCUT2D eigenvalue weighted by atomic mass is 9.81. The number of benzene rings is 3. The van der Waals surface area contributed by atoms with E-state index < -0.39 is 4.87 Å². The molecule has 3 aromatic carbocycles. The van der Waals surface area contributed by atoms with Crippen molar-refractivity contribution >= 4 is 33.4 Å².